The Bertz CT molecular complexity index is 572. The van der Waals surface area contributed by atoms with Gasteiger partial charge in [0.05, 0.1) is 5.69 Å². The second-order valence-electron chi connectivity index (χ2n) is 4.98. The van der Waals surface area contributed by atoms with E-state index in [1.165, 1.54) is 30.3 Å². The lowest BCUT2D eigenvalue weighted by Gasteiger charge is -2.14. The van der Waals surface area contributed by atoms with Crippen molar-refractivity contribution in [2.45, 2.75) is 39.2 Å². The number of fused-ring (bicyclic) bond motifs is 1. The summed E-state index contributed by atoms with van der Waals surface area (Å²) in [5, 5.41) is 0. The summed E-state index contributed by atoms with van der Waals surface area (Å²) in [5.74, 6) is 0.880. The maximum atomic E-state index is 13.2. The van der Waals surface area contributed by atoms with Crippen LogP contribution in [0.2, 0.25) is 0 Å². The third-order valence-electron chi connectivity index (χ3n) is 3.65. The summed E-state index contributed by atoms with van der Waals surface area (Å²) in [6.07, 6.45) is 4.67. The fourth-order valence-corrected chi connectivity index (χ4v) is 2.76. The highest BCUT2D eigenvalue weighted by Crippen LogP contribution is 2.23. The van der Waals surface area contributed by atoms with Gasteiger partial charge in [0.2, 0.25) is 0 Å². The van der Waals surface area contributed by atoms with Crippen LogP contribution in [0.1, 0.15) is 35.6 Å². The molecule has 1 aromatic carbocycles. The van der Waals surface area contributed by atoms with Gasteiger partial charge in [-0.2, -0.15) is 0 Å². The van der Waals surface area contributed by atoms with E-state index in [1.807, 2.05) is 13.0 Å². The number of benzene rings is 1. The van der Waals surface area contributed by atoms with Crippen molar-refractivity contribution in [3.8, 4) is 0 Å². The van der Waals surface area contributed by atoms with Gasteiger partial charge >= 0.3 is 0 Å². The van der Waals surface area contributed by atoms with Gasteiger partial charge < -0.3 is 4.57 Å². The Kier molecular flexibility index (Phi) is 2.90. The standard InChI is InChI=1S/C15H17FN2/c1-11-17-14-7-2-3-8-15(14)18(11)10-12-5-4-6-13(16)9-12/h4-6,9H,2-3,7-8,10H2,1H3. The normalized spacial score (nSPS) is 14.6. The SMILES string of the molecule is Cc1nc2c(n1Cc1cccc(F)c1)CCCC2. The van der Waals surface area contributed by atoms with Crippen LogP contribution >= 0.6 is 0 Å². The Morgan fingerprint density at radius 2 is 2.11 bits per heavy atom. The molecule has 0 fully saturated rings. The van der Waals surface area contributed by atoms with Crippen LogP contribution in [0.15, 0.2) is 24.3 Å². The molecule has 1 aliphatic carbocycles. The van der Waals surface area contributed by atoms with Crippen molar-refractivity contribution in [1.29, 1.82) is 0 Å². The predicted molar refractivity (Wildman–Crippen MR) is 69.1 cm³/mol. The van der Waals surface area contributed by atoms with Gasteiger partial charge in [-0.1, -0.05) is 12.1 Å². The maximum absolute atomic E-state index is 13.2. The molecule has 0 unspecified atom stereocenters. The fraction of sp³-hybridized carbons (Fsp3) is 0.400. The van der Waals surface area contributed by atoms with Gasteiger partial charge in [-0.05, 0) is 50.3 Å². The Morgan fingerprint density at radius 1 is 1.28 bits per heavy atom. The Balaban J connectivity index is 1.95. The van der Waals surface area contributed by atoms with E-state index < -0.39 is 0 Å². The van der Waals surface area contributed by atoms with E-state index in [4.69, 9.17) is 0 Å². The molecule has 3 heteroatoms. The Labute approximate surface area is 106 Å². The highest BCUT2D eigenvalue weighted by Gasteiger charge is 2.17. The van der Waals surface area contributed by atoms with E-state index in [9.17, 15) is 4.39 Å². The number of aryl methyl sites for hydroxylation is 2. The molecule has 0 N–H and O–H groups in total. The van der Waals surface area contributed by atoms with Gasteiger partial charge in [0, 0.05) is 12.2 Å². The molecule has 0 bridgehead atoms. The largest absolute Gasteiger partial charge is 0.328 e. The first-order valence-electron chi connectivity index (χ1n) is 6.53. The van der Waals surface area contributed by atoms with Crippen LogP contribution in [0.25, 0.3) is 0 Å². The van der Waals surface area contributed by atoms with Crippen molar-refractivity contribution in [1.82, 2.24) is 9.55 Å². The molecule has 2 aromatic rings. The topological polar surface area (TPSA) is 17.8 Å². The molecule has 0 saturated carbocycles. The molecule has 94 valence electrons. The first kappa shape index (κ1) is 11.5. The molecule has 2 nitrogen and oxygen atoms in total. The summed E-state index contributed by atoms with van der Waals surface area (Å²) < 4.78 is 15.4. The van der Waals surface area contributed by atoms with Gasteiger partial charge in [0.15, 0.2) is 0 Å². The van der Waals surface area contributed by atoms with Crippen LogP contribution in [-0.2, 0) is 19.4 Å². The van der Waals surface area contributed by atoms with Crippen LogP contribution in [-0.4, -0.2) is 9.55 Å². The van der Waals surface area contributed by atoms with Crippen molar-refractivity contribution in [3.63, 3.8) is 0 Å². The smallest absolute Gasteiger partial charge is 0.123 e. The average Bonchev–Trinajstić information content (AvgIpc) is 2.66. The number of halogens is 1. The summed E-state index contributed by atoms with van der Waals surface area (Å²) in [5.41, 5.74) is 3.60. The number of imidazole rings is 1. The minimum Gasteiger partial charge on any atom is -0.328 e. The molecular weight excluding hydrogens is 227 g/mol. The highest BCUT2D eigenvalue weighted by molar-refractivity contribution is 5.23. The van der Waals surface area contributed by atoms with Crippen molar-refractivity contribution in [3.05, 3.63) is 52.9 Å². The molecule has 0 amide bonds. The fourth-order valence-electron chi connectivity index (χ4n) is 2.76. The first-order valence-corrected chi connectivity index (χ1v) is 6.53. The van der Waals surface area contributed by atoms with Crippen molar-refractivity contribution in [2.24, 2.45) is 0 Å². The quantitative estimate of drug-likeness (QED) is 0.793. The minimum absolute atomic E-state index is 0.167. The van der Waals surface area contributed by atoms with E-state index in [1.54, 1.807) is 12.1 Å². The van der Waals surface area contributed by atoms with Gasteiger partial charge in [0.1, 0.15) is 11.6 Å². The van der Waals surface area contributed by atoms with Crippen molar-refractivity contribution in [2.75, 3.05) is 0 Å². The van der Waals surface area contributed by atoms with Gasteiger partial charge in [-0.15, -0.1) is 0 Å². The molecule has 0 spiro atoms. The summed E-state index contributed by atoms with van der Waals surface area (Å²) in [6.45, 7) is 2.77. The van der Waals surface area contributed by atoms with Crippen LogP contribution in [0.3, 0.4) is 0 Å². The zero-order chi connectivity index (χ0) is 12.5. The third kappa shape index (κ3) is 2.05. The molecule has 3 rings (SSSR count). The second kappa shape index (κ2) is 4.56. The number of hydrogen-bond donors (Lipinski definition) is 0. The molecule has 18 heavy (non-hydrogen) atoms. The molecule has 1 aromatic heterocycles. The monoisotopic (exact) mass is 244 g/mol. The molecule has 0 saturated heterocycles. The highest BCUT2D eigenvalue weighted by atomic mass is 19.1. The zero-order valence-electron chi connectivity index (χ0n) is 10.6. The molecule has 0 aliphatic heterocycles. The molecule has 0 radical (unpaired) electrons. The lowest BCUT2D eigenvalue weighted by molar-refractivity contribution is 0.612. The summed E-state index contributed by atoms with van der Waals surface area (Å²) in [7, 11) is 0. The molecule has 1 heterocycles. The van der Waals surface area contributed by atoms with Crippen molar-refractivity contribution < 1.29 is 4.39 Å². The van der Waals surface area contributed by atoms with E-state index in [0.29, 0.717) is 0 Å². The van der Waals surface area contributed by atoms with E-state index in [0.717, 1.165) is 30.8 Å². The van der Waals surface area contributed by atoms with Gasteiger partial charge in [-0.25, -0.2) is 9.37 Å². The van der Waals surface area contributed by atoms with Crippen LogP contribution in [0.4, 0.5) is 4.39 Å². The Hall–Kier alpha value is -1.64. The number of rotatable bonds is 2. The number of aromatic nitrogens is 2. The lowest BCUT2D eigenvalue weighted by Crippen LogP contribution is -2.10. The molecule has 1 aliphatic rings. The average molecular weight is 244 g/mol. The van der Waals surface area contributed by atoms with Gasteiger partial charge in [0.25, 0.3) is 0 Å². The van der Waals surface area contributed by atoms with Crippen LogP contribution in [0.5, 0.6) is 0 Å². The van der Waals surface area contributed by atoms with E-state index in [-0.39, 0.29) is 5.82 Å². The van der Waals surface area contributed by atoms with Crippen LogP contribution < -0.4 is 0 Å². The summed E-state index contributed by atoms with van der Waals surface area (Å²) in [4.78, 5) is 4.64. The summed E-state index contributed by atoms with van der Waals surface area (Å²) >= 11 is 0. The molecule has 0 atom stereocenters. The number of nitrogens with zero attached hydrogens (tertiary/aromatic N) is 2. The minimum atomic E-state index is -0.167. The number of hydrogen-bond acceptors (Lipinski definition) is 1. The van der Waals surface area contributed by atoms with E-state index in [2.05, 4.69) is 9.55 Å². The molecular formula is C15H17FN2. The summed E-state index contributed by atoms with van der Waals surface area (Å²) in [6, 6.07) is 6.83. The van der Waals surface area contributed by atoms with Crippen molar-refractivity contribution >= 4 is 0 Å². The zero-order valence-corrected chi connectivity index (χ0v) is 10.6. The first-order chi connectivity index (χ1) is 8.74. The predicted octanol–water partition coefficient (Wildman–Crippen LogP) is 3.26. The lowest BCUT2D eigenvalue weighted by atomic mass is 10.0. The maximum Gasteiger partial charge on any atom is 0.123 e. The third-order valence-corrected chi connectivity index (χ3v) is 3.65. The van der Waals surface area contributed by atoms with Gasteiger partial charge in [-0.3, -0.25) is 0 Å². The Morgan fingerprint density at radius 3 is 2.94 bits per heavy atom. The second-order valence-corrected chi connectivity index (χ2v) is 4.98. The van der Waals surface area contributed by atoms with E-state index >= 15 is 0 Å². The van der Waals surface area contributed by atoms with Crippen LogP contribution in [0, 0.1) is 12.7 Å².